The normalized spacial score (nSPS) is 17.0. The van der Waals surface area contributed by atoms with Gasteiger partial charge in [0.15, 0.2) is 0 Å². The maximum absolute atomic E-state index is 12.2. The first kappa shape index (κ1) is 16.2. The van der Waals surface area contributed by atoms with Gasteiger partial charge in [0.25, 0.3) is 11.1 Å². The smallest absolute Gasteiger partial charge is 0.268 e. The lowest BCUT2D eigenvalue weighted by atomic mass is 10.2. The number of carbonyl (C=O) groups is 2. The lowest BCUT2D eigenvalue weighted by Gasteiger charge is -2.11. The van der Waals surface area contributed by atoms with E-state index in [1.54, 1.807) is 17.8 Å². The Morgan fingerprint density at radius 2 is 1.90 bits per heavy atom. The number of unbranched alkanes of at least 4 members (excludes halogenated alkanes) is 2. The van der Waals surface area contributed by atoms with Crippen LogP contribution in [-0.2, 0) is 4.79 Å². The molecule has 0 bridgehead atoms. The van der Waals surface area contributed by atoms with Crippen molar-refractivity contribution < 1.29 is 9.59 Å². The molecule has 1 saturated heterocycles. The lowest BCUT2D eigenvalue weighted by molar-refractivity contribution is -0.122. The maximum atomic E-state index is 12.2. The first-order chi connectivity index (χ1) is 10.2. The van der Waals surface area contributed by atoms with Gasteiger partial charge < -0.3 is 0 Å². The van der Waals surface area contributed by atoms with E-state index in [9.17, 15) is 9.59 Å². The number of nitrogens with zero attached hydrogens (tertiary/aromatic N) is 1. The summed E-state index contributed by atoms with van der Waals surface area (Å²) in [5.74, 6) is -0.157. The van der Waals surface area contributed by atoms with Gasteiger partial charge in [0.1, 0.15) is 0 Å². The Labute approximate surface area is 134 Å². The molecule has 1 aromatic rings. The van der Waals surface area contributed by atoms with E-state index in [0.29, 0.717) is 11.4 Å². The van der Waals surface area contributed by atoms with Crippen LogP contribution in [0.25, 0.3) is 6.08 Å². The van der Waals surface area contributed by atoms with E-state index in [4.69, 9.17) is 0 Å². The van der Waals surface area contributed by atoms with Crippen molar-refractivity contribution in [2.24, 2.45) is 0 Å². The first-order valence-corrected chi connectivity index (χ1v) is 9.09. The number of amides is 2. The van der Waals surface area contributed by atoms with Gasteiger partial charge in [0, 0.05) is 11.4 Å². The number of hydrogen-bond donors (Lipinski definition) is 0. The summed E-state index contributed by atoms with van der Waals surface area (Å²) in [7, 11) is 0. The zero-order valence-electron chi connectivity index (χ0n) is 12.3. The highest BCUT2D eigenvalue weighted by molar-refractivity contribution is 8.18. The van der Waals surface area contributed by atoms with Gasteiger partial charge in [-0.25, -0.2) is 0 Å². The SMILES string of the molecule is CCCCCN1C(=O)S/C(=C\c2ccc(SC)cc2)C1=O. The minimum atomic E-state index is -0.157. The maximum Gasteiger partial charge on any atom is 0.293 e. The zero-order chi connectivity index (χ0) is 15.2. The summed E-state index contributed by atoms with van der Waals surface area (Å²) in [6.07, 6.45) is 6.82. The number of benzene rings is 1. The van der Waals surface area contributed by atoms with Crippen molar-refractivity contribution in [3.63, 3.8) is 0 Å². The third kappa shape index (κ3) is 4.14. The fourth-order valence-electron chi connectivity index (χ4n) is 2.06. The molecule has 1 heterocycles. The van der Waals surface area contributed by atoms with Crippen molar-refractivity contribution in [3.8, 4) is 0 Å². The van der Waals surface area contributed by atoms with Crippen LogP contribution < -0.4 is 0 Å². The van der Waals surface area contributed by atoms with Crippen LogP contribution in [0.2, 0.25) is 0 Å². The van der Waals surface area contributed by atoms with Gasteiger partial charge in [0.2, 0.25) is 0 Å². The van der Waals surface area contributed by atoms with Crippen LogP contribution in [0.4, 0.5) is 4.79 Å². The van der Waals surface area contributed by atoms with Crippen molar-refractivity contribution in [1.82, 2.24) is 4.90 Å². The van der Waals surface area contributed by atoms with Gasteiger partial charge in [-0.05, 0) is 48.2 Å². The molecular formula is C16H19NO2S2. The van der Waals surface area contributed by atoms with Gasteiger partial charge in [0.05, 0.1) is 4.91 Å². The summed E-state index contributed by atoms with van der Waals surface area (Å²) < 4.78 is 0. The third-order valence-electron chi connectivity index (χ3n) is 3.27. The number of carbonyl (C=O) groups excluding carboxylic acids is 2. The molecule has 112 valence electrons. The quantitative estimate of drug-likeness (QED) is 0.435. The zero-order valence-corrected chi connectivity index (χ0v) is 13.9. The second-order valence-corrected chi connectivity index (χ2v) is 6.69. The summed E-state index contributed by atoms with van der Waals surface area (Å²) in [5, 5.41) is -0.150. The van der Waals surface area contributed by atoms with Crippen molar-refractivity contribution in [2.75, 3.05) is 12.8 Å². The molecule has 21 heavy (non-hydrogen) atoms. The lowest BCUT2D eigenvalue weighted by Crippen LogP contribution is -2.29. The van der Waals surface area contributed by atoms with Crippen molar-refractivity contribution in [3.05, 3.63) is 34.7 Å². The Kier molecular flexibility index (Phi) is 5.94. The molecule has 0 saturated carbocycles. The highest BCUT2D eigenvalue weighted by Crippen LogP contribution is 2.32. The Morgan fingerprint density at radius 1 is 1.19 bits per heavy atom. The fourth-order valence-corrected chi connectivity index (χ4v) is 3.34. The molecule has 2 amide bonds. The van der Waals surface area contributed by atoms with E-state index >= 15 is 0 Å². The largest absolute Gasteiger partial charge is 0.293 e. The van der Waals surface area contributed by atoms with Crippen LogP contribution >= 0.6 is 23.5 Å². The van der Waals surface area contributed by atoms with E-state index < -0.39 is 0 Å². The molecule has 3 nitrogen and oxygen atoms in total. The molecule has 0 atom stereocenters. The molecule has 1 aromatic carbocycles. The second kappa shape index (κ2) is 7.71. The third-order valence-corrected chi connectivity index (χ3v) is 4.92. The summed E-state index contributed by atoms with van der Waals surface area (Å²) in [6.45, 7) is 2.63. The Balaban J connectivity index is 2.08. The van der Waals surface area contributed by atoms with Crippen LogP contribution in [0.5, 0.6) is 0 Å². The van der Waals surface area contributed by atoms with Gasteiger partial charge in [-0.2, -0.15) is 0 Å². The topological polar surface area (TPSA) is 37.4 Å². The van der Waals surface area contributed by atoms with E-state index in [2.05, 4.69) is 6.92 Å². The number of rotatable bonds is 6. The molecule has 5 heteroatoms. The minimum absolute atomic E-state index is 0.150. The molecular weight excluding hydrogens is 302 g/mol. The summed E-state index contributed by atoms with van der Waals surface area (Å²) in [4.78, 5) is 27.2. The highest BCUT2D eigenvalue weighted by Gasteiger charge is 2.34. The Bertz CT molecular complexity index is 552. The predicted molar refractivity (Wildman–Crippen MR) is 90.4 cm³/mol. The van der Waals surface area contributed by atoms with Crippen molar-refractivity contribution in [1.29, 1.82) is 0 Å². The Hall–Kier alpha value is -1.20. The van der Waals surface area contributed by atoms with Crippen molar-refractivity contribution >= 4 is 40.7 Å². The van der Waals surface area contributed by atoms with Crippen LogP contribution in [0.15, 0.2) is 34.1 Å². The number of thioether (sulfide) groups is 2. The van der Waals surface area contributed by atoms with E-state index in [1.165, 1.54) is 9.80 Å². The molecule has 0 radical (unpaired) electrons. The molecule has 1 aliphatic rings. The van der Waals surface area contributed by atoms with E-state index in [1.807, 2.05) is 30.5 Å². The summed E-state index contributed by atoms with van der Waals surface area (Å²) >= 11 is 2.72. The van der Waals surface area contributed by atoms with Crippen LogP contribution in [0.3, 0.4) is 0 Å². The Morgan fingerprint density at radius 3 is 2.52 bits per heavy atom. The minimum Gasteiger partial charge on any atom is -0.268 e. The molecule has 1 fully saturated rings. The van der Waals surface area contributed by atoms with Crippen LogP contribution in [-0.4, -0.2) is 28.8 Å². The number of hydrogen-bond acceptors (Lipinski definition) is 4. The summed E-state index contributed by atoms with van der Waals surface area (Å²) in [5.41, 5.74) is 0.951. The molecule has 0 N–H and O–H groups in total. The molecule has 0 aromatic heterocycles. The standard InChI is InChI=1S/C16H19NO2S2/c1-3-4-5-10-17-15(18)14(21-16(17)19)11-12-6-8-13(20-2)9-7-12/h6-9,11H,3-5,10H2,1-2H3/b14-11-. The average Bonchev–Trinajstić information content (AvgIpc) is 2.75. The first-order valence-electron chi connectivity index (χ1n) is 7.05. The van der Waals surface area contributed by atoms with Gasteiger partial charge in [-0.3, -0.25) is 14.5 Å². The van der Waals surface area contributed by atoms with Gasteiger partial charge >= 0.3 is 0 Å². The molecule has 2 rings (SSSR count). The number of imide groups is 1. The molecule has 0 aliphatic carbocycles. The van der Waals surface area contributed by atoms with Crippen LogP contribution in [0.1, 0.15) is 31.7 Å². The molecule has 0 unspecified atom stereocenters. The van der Waals surface area contributed by atoms with Crippen LogP contribution in [0, 0.1) is 0 Å². The average molecular weight is 321 g/mol. The monoisotopic (exact) mass is 321 g/mol. The summed E-state index contributed by atoms with van der Waals surface area (Å²) in [6, 6.07) is 7.97. The van der Waals surface area contributed by atoms with Gasteiger partial charge in [-0.15, -0.1) is 11.8 Å². The predicted octanol–water partition coefficient (Wildman–Crippen LogP) is 4.64. The van der Waals surface area contributed by atoms with E-state index in [0.717, 1.165) is 36.6 Å². The fraction of sp³-hybridized carbons (Fsp3) is 0.375. The molecule has 0 spiro atoms. The second-order valence-electron chi connectivity index (χ2n) is 4.81. The van der Waals surface area contributed by atoms with E-state index in [-0.39, 0.29) is 11.1 Å². The molecule has 1 aliphatic heterocycles. The highest BCUT2D eigenvalue weighted by atomic mass is 32.2. The van der Waals surface area contributed by atoms with Crippen molar-refractivity contribution in [2.45, 2.75) is 31.1 Å². The van der Waals surface area contributed by atoms with Gasteiger partial charge in [-0.1, -0.05) is 31.9 Å².